The molecule has 1 aromatic heterocycles. The van der Waals surface area contributed by atoms with Crippen LogP contribution in [0.2, 0.25) is 0 Å². The van der Waals surface area contributed by atoms with Crippen LogP contribution in [0, 0.1) is 0 Å². The number of aliphatic hydroxyl groups excluding tert-OH is 3. The molecule has 14 nitrogen and oxygen atoms in total. The Bertz CT molecular complexity index is 1750. The van der Waals surface area contributed by atoms with E-state index in [1.54, 1.807) is 23.0 Å². The molecule has 0 aliphatic carbocycles. The Labute approximate surface area is 323 Å². The van der Waals surface area contributed by atoms with Crippen molar-refractivity contribution in [2.24, 2.45) is 0 Å². The summed E-state index contributed by atoms with van der Waals surface area (Å²) in [5.41, 5.74) is 4.48. The predicted molar refractivity (Wildman–Crippen MR) is 182 cm³/mol. The molecule has 52 heavy (non-hydrogen) atoms. The number of carboxylic acids is 1. The third kappa shape index (κ3) is 10.8. The first-order valence-corrected chi connectivity index (χ1v) is 16.8. The van der Waals surface area contributed by atoms with Gasteiger partial charge in [0.25, 0.3) is 0 Å². The molecule has 2 heterocycles. The van der Waals surface area contributed by atoms with Crippen LogP contribution in [-0.2, 0) is 36.8 Å². The molecule has 270 valence electrons. The van der Waals surface area contributed by atoms with Crippen molar-refractivity contribution in [1.29, 1.82) is 0 Å². The van der Waals surface area contributed by atoms with Gasteiger partial charge in [-0.1, -0.05) is 90.1 Å². The summed E-state index contributed by atoms with van der Waals surface area (Å²) in [6.45, 7) is 1.29. The third-order valence-corrected chi connectivity index (χ3v) is 8.65. The van der Waals surface area contributed by atoms with Crippen molar-refractivity contribution >= 4 is 17.8 Å². The maximum absolute atomic E-state index is 12.4. The van der Waals surface area contributed by atoms with Gasteiger partial charge in [-0.2, -0.15) is 0 Å². The van der Waals surface area contributed by atoms with E-state index < -0.39 is 54.5 Å². The van der Waals surface area contributed by atoms with Crippen molar-refractivity contribution in [2.75, 3.05) is 13.2 Å². The fourth-order valence-corrected chi connectivity index (χ4v) is 6.00. The minimum Gasteiger partial charge on any atom is -0.544 e. The number of aryl methyl sites for hydroxylation is 1. The van der Waals surface area contributed by atoms with Gasteiger partial charge in [-0.15, -0.1) is 5.10 Å². The molecule has 5 N–H and O–H groups in total. The van der Waals surface area contributed by atoms with Gasteiger partial charge in [-0.25, -0.2) is 0 Å². The van der Waals surface area contributed by atoms with Gasteiger partial charge in [0, 0.05) is 32.0 Å². The Balaban J connectivity index is 0.00000605. The number of nitrogens with zero attached hydrogens (tertiary/aromatic N) is 3. The fraction of sp³-hybridized carbons (Fsp3) is 0.378. The first-order valence-electron chi connectivity index (χ1n) is 16.8. The molecule has 5 rings (SSSR count). The van der Waals surface area contributed by atoms with Gasteiger partial charge in [-0.05, 0) is 29.5 Å². The van der Waals surface area contributed by atoms with Crippen LogP contribution in [0.25, 0.3) is 22.4 Å². The van der Waals surface area contributed by atoms with Crippen molar-refractivity contribution in [1.82, 2.24) is 25.6 Å². The van der Waals surface area contributed by atoms with E-state index in [0.717, 1.165) is 22.3 Å². The molecule has 0 unspecified atom stereocenters. The SMILES string of the molecule is CC(=O)N[C@H]1[C@H]([C@H](O)[C@H](O)CCNC(=O)Cc2ccccc2)O[C@@](OCCCn2cc(-c3ccc(-c4ccccc4)cc3)nn2)(C(=O)[O-])C[C@@H]1O.[Na+]. The number of aliphatic hydroxyl groups is 3. The number of aromatic nitrogens is 3. The van der Waals surface area contributed by atoms with Crippen LogP contribution < -0.4 is 45.3 Å². The quantitative estimate of drug-likeness (QED) is 0.0608. The van der Waals surface area contributed by atoms with Crippen LogP contribution in [0.1, 0.15) is 31.7 Å². The maximum Gasteiger partial charge on any atom is 1.00 e. The Morgan fingerprint density at radius 1 is 1.00 bits per heavy atom. The number of carboxylic acid groups (broad SMARTS) is 1. The molecule has 15 heteroatoms. The minimum atomic E-state index is -2.50. The Morgan fingerprint density at radius 3 is 2.29 bits per heavy atom. The smallest absolute Gasteiger partial charge is 0.544 e. The molecule has 6 atom stereocenters. The summed E-state index contributed by atoms with van der Waals surface area (Å²) in [6, 6.07) is 25.6. The predicted octanol–water partition coefficient (Wildman–Crippen LogP) is -2.41. The maximum atomic E-state index is 12.4. The topological polar surface area (TPSA) is 208 Å². The molecule has 3 aromatic carbocycles. The first-order chi connectivity index (χ1) is 24.5. The molecule has 0 saturated carbocycles. The molecule has 1 aliphatic rings. The van der Waals surface area contributed by atoms with Crippen LogP contribution in [-0.4, -0.2) is 97.5 Å². The number of amides is 2. The molecule has 0 bridgehead atoms. The number of hydrogen-bond acceptors (Lipinski definition) is 11. The summed E-state index contributed by atoms with van der Waals surface area (Å²) in [4.78, 5) is 36.7. The largest absolute Gasteiger partial charge is 1.00 e. The Morgan fingerprint density at radius 2 is 1.63 bits per heavy atom. The summed E-state index contributed by atoms with van der Waals surface area (Å²) in [6.07, 6.45) is -5.12. The number of carbonyl (C=O) groups excluding carboxylic acids is 3. The number of nitrogens with one attached hydrogen (secondary N) is 2. The average molecular weight is 724 g/mol. The number of ether oxygens (including phenoxy) is 2. The van der Waals surface area contributed by atoms with Gasteiger partial charge in [-0.3, -0.25) is 14.3 Å². The summed E-state index contributed by atoms with van der Waals surface area (Å²) < 4.78 is 13.0. The summed E-state index contributed by atoms with van der Waals surface area (Å²) >= 11 is 0. The molecule has 1 aliphatic heterocycles. The van der Waals surface area contributed by atoms with Crippen LogP contribution in [0.3, 0.4) is 0 Å². The van der Waals surface area contributed by atoms with E-state index in [9.17, 15) is 34.8 Å². The molecule has 2 amide bonds. The molecule has 1 fully saturated rings. The van der Waals surface area contributed by atoms with Crippen LogP contribution in [0.4, 0.5) is 0 Å². The Kier molecular flexibility index (Phi) is 15.0. The van der Waals surface area contributed by atoms with E-state index >= 15 is 0 Å². The van der Waals surface area contributed by atoms with Gasteiger partial charge in [0.1, 0.15) is 23.9 Å². The number of rotatable bonds is 16. The zero-order valence-electron chi connectivity index (χ0n) is 29.1. The summed E-state index contributed by atoms with van der Waals surface area (Å²) in [5.74, 6) is -5.18. The first kappa shape index (κ1) is 40.8. The zero-order chi connectivity index (χ0) is 36.4. The summed E-state index contributed by atoms with van der Waals surface area (Å²) in [7, 11) is 0. The van der Waals surface area contributed by atoms with Crippen LogP contribution in [0.15, 0.2) is 91.1 Å². The molecular weight excluding hydrogens is 681 g/mol. The van der Waals surface area contributed by atoms with Gasteiger partial charge < -0.3 is 45.3 Å². The van der Waals surface area contributed by atoms with Crippen LogP contribution in [0.5, 0.6) is 0 Å². The van der Waals surface area contributed by atoms with Crippen LogP contribution >= 0.6 is 0 Å². The van der Waals surface area contributed by atoms with E-state index in [4.69, 9.17) is 9.47 Å². The molecular formula is C37H42N5NaO9. The minimum absolute atomic E-state index is 0. The number of hydrogen-bond donors (Lipinski definition) is 5. The van der Waals surface area contributed by atoms with Crippen molar-refractivity contribution in [3.63, 3.8) is 0 Å². The average Bonchev–Trinajstić information content (AvgIpc) is 3.60. The normalized spacial score (nSPS) is 21.0. The van der Waals surface area contributed by atoms with Crippen molar-refractivity contribution in [2.45, 2.75) is 75.4 Å². The second kappa shape index (κ2) is 19.2. The van der Waals surface area contributed by atoms with Gasteiger partial charge in [0.2, 0.25) is 17.6 Å². The fourth-order valence-electron chi connectivity index (χ4n) is 6.00. The van der Waals surface area contributed by atoms with E-state index in [1.165, 1.54) is 6.92 Å². The second-order valence-electron chi connectivity index (χ2n) is 12.5. The second-order valence-corrected chi connectivity index (χ2v) is 12.5. The standard InChI is InChI=1S/C37H43N5O9.Na/c1-24(43)39-33-31(45)22-37(36(48)49,51-35(33)34(47)30(44)17-18-38-32(46)21-25-9-4-2-5-10-25)50-20-8-19-42-23-29(40-41-42)28-15-13-27(14-16-28)26-11-6-3-7-12-26;/h2-7,9-16,23,30-31,33-35,44-45,47H,8,17-22H2,1H3,(H,38,46)(H,39,43)(H,48,49);/q;+1/p-1/t30-,31+,33-,34-,35-,37-;/m1./s1. The molecule has 0 radical (unpaired) electrons. The van der Waals surface area contributed by atoms with E-state index in [2.05, 4.69) is 20.9 Å². The third-order valence-electron chi connectivity index (χ3n) is 8.65. The Hall–Kier alpha value is -3.99. The number of aliphatic carboxylic acids is 1. The van der Waals surface area contributed by atoms with Gasteiger partial charge in [0.15, 0.2) is 0 Å². The zero-order valence-corrected chi connectivity index (χ0v) is 31.1. The summed E-state index contributed by atoms with van der Waals surface area (Å²) in [5, 5.41) is 58.9. The monoisotopic (exact) mass is 723 g/mol. The van der Waals surface area contributed by atoms with Gasteiger partial charge >= 0.3 is 29.6 Å². The van der Waals surface area contributed by atoms with Crippen molar-refractivity contribution in [3.05, 3.63) is 96.7 Å². The number of benzene rings is 3. The van der Waals surface area contributed by atoms with E-state index in [1.807, 2.05) is 72.8 Å². The molecule has 0 spiro atoms. The molecule has 1 saturated heterocycles. The van der Waals surface area contributed by atoms with E-state index in [0.29, 0.717) is 12.2 Å². The van der Waals surface area contributed by atoms with Gasteiger partial charge in [0.05, 0.1) is 37.5 Å². The molecule has 4 aromatic rings. The van der Waals surface area contributed by atoms with Crippen molar-refractivity contribution in [3.8, 4) is 22.4 Å². The number of carbonyl (C=O) groups is 3. The van der Waals surface area contributed by atoms with E-state index in [-0.39, 0.29) is 67.9 Å². The van der Waals surface area contributed by atoms with Crippen molar-refractivity contribution < 1.29 is 73.8 Å².